The van der Waals surface area contributed by atoms with Gasteiger partial charge >= 0.3 is 5.97 Å². The average Bonchev–Trinajstić information content (AvgIpc) is 2.25. The van der Waals surface area contributed by atoms with Gasteiger partial charge in [-0.3, -0.25) is 4.79 Å². The van der Waals surface area contributed by atoms with Gasteiger partial charge in [0.05, 0.1) is 0 Å². The number of benzene rings is 1. The molecule has 17 heavy (non-hydrogen) atoms. The minimum Gasteiger partial charge on any atom is -0.481 e. The van der Waals surface area contributed by atoms with Gasteiger partial charge < -0.3 is 5.11 Å². The van der Waals surface area contributed by atoms with Crippen molar-refractivity contribution in [3.63, 3.8) is 0 Å². The molecule has 0 unspecified atom stereocenters. The molecule has 1 rings (SSSR count). The van der Waals surface area contributed by atoms with E-state index in [0.29, 0.717) is 0 Å². The number of aliphatic carboxylic acids is 1. The molecule has 0 aliphatic rings. The Kier molecular flexibility index (Phi) is 5.05. The van der Waals surface area contributed by atoms with E-state index < -0.39 is 11.9 Å². The van der Waals surface area contributed by atoms with Crippen LogP contribution in [0.1, 0.15) is 31.2 Å². The average molecular weight is 307 g/mol. The summed E-state index contributed by atoms with van der Waals surface area (Å²) in [6.45, 7) is 0. The Morgan fingerprint density at radius 2 is 1.82 bits per heavy atom. The molecule has 0 bridgehead atoms. The Labute approximate surface area is 107 Å². The standard InChI is InChI=1S/C12H13BrF2O2/c13-10-6-4-9(5-7-10)12(14,15)8-2-1-3-11(16)17/h4-7H,1-3,8H2,(H,16,17). The van der Waals surface area contributed by atoms with E-state index in [2.05, 4.69) is 15.9 Å². The molecule has 5 heteroatoms. The van der Waals surface area contributed by atoms with Gasteiger partial charge in [0, 0.05) is 22.9 Å². The lowest BCUT2D eigenvalue weighted by Crippen LogP contribution is -2.13. The van der Waals surface area contributed by atoms with E-state index in [1.165, 1.54) is 12.1 Å². The molecule has 1 aromatic rings. The number of halogens is 3. The Morgan fingerprint density at radius 3 is 2.35 bits per heavy atom. The Morgan fingerprint density at radius 1 is 1.24 bits per heavy atom. The highest BCUT2D eigenvalue weighted by atomic mass is 79.9. The van der Waals surface area contributed by atoms with Crippen molar-refractivity contribution >= 4 is 21.9 Å². The summed E-state index contributed by atoms with van der Waals surface area (Å²) in [4.78, 5) is 10.2. The smallest absolute Gasteiger partial charge is 0.303 e. The van der Waals surface area contributed by atoms with Crippen molar-refractivity contribution in [2.24, 2.45) is 0 Å². The van der Waals surface area contributed by atoms with Crippen LogP contribution in [0.15, 0.2) is 28.7 Å². The molecule has 0 saturated carbocycles. The Bertz CT molecular complexity index is 377. The SMILES string of the molecule is O=C(O)CCCCC(F)(F)c1ccc(Br)cc1. The number of hydrogen-bond donors (Lipinski definition) is 1. The van der Waals surface area contributed by atoms with E-state index in [-0.39, 0.29) is 31.2 Å². The highest BCUT2D eigenvalue weighted by Crippen LogP contribution is 2.34. The van der Waals surface area contributed by atoms with Crippen LogP contribution in [0, 0.1) is 0 Å². The molecule has 1 N–H and O–H groups in total. The fourth-order valence-electron chi connectivity index (χ4n) is 1.46. The summed E-state index contributed by atoms with van der Waals surface area (Å²) in [5.74, 6) is -3.84. The van der Waals surface area contributed by atoms with Crippen molar-refractivity contribution in [3.8, 4) is 0 Å². The lowest BCUT2D eigenvalue weighted by Gasteiger charge is -2.16. The third-order valence-corrected chi connectivity index (χ3v) is 2.93. The van der Waals surface area contributed by atoms with Crippen molar-refractivity contribution < 1.29 is 18.7 Å². The first kappa shape index (κ1) is 14.1. The van der Waals surface area contributed by atoms with Crippen LogP contribution in [-0.2, 0) is 10.7 Å². The molecule has 2 nitrogen and oxygen atoms in total. The second kappa shape index (κ2) is 6.10. The van der Waals surface area contributed by atoms with Crippen molar-refractivity contribution in [3.05, 3.63) is 34.3 Å². The molecule has 1 aromatic carbocycles. The number of unbranched alkanes of at least 4 members (excludes halogenated alkanes) is 1. The van der Waals surface area contributed by atoms with Gasteiger partial charge in [0.2, 0.25) is 0 Å². The third-order valence-electron chi connectivity index (χ3n) is 2.40. The van der Waals surface area contributed by atoms with Crippen molar-refractivity contribution in [2.75, 3.05) is 0 Å². The van der Waals surface area contributed by atoms with Crippen molar-refractivity contribution in [1.29, 1.82) is 0 Å². The van der Waals surface area contributed by atoms with Gasteiger partial charge in [0.15, 0.2) is 0 Å². The summed E-state index contributed by atoms with van der Waals surface area (Å²) >= 11 is 3.18. The molecule has 0 atom stereocenters. The molecule has 0 saturated heterocycles. The molecule has 0 aromatic heterocycles. The topological polar surface area (TPSA) is 37.3 Å². The predicted octanol–water partition coefficient (Wildman–Crippen LogP) is 4.19. The van der Waals surface area contributed by atoms with Crippen LogP contribution < -0.4 is 0 Å². The molecular formula is C12H13BrF2O2. The van der Waals surface area contributed by atoms with E-state index in [1.54, 1.807) is 12.1 Å². The summed E-state index contributed by atoms with van der Waals surface area (Å²) < 4.78 is 28.1. The zero-order chi connectivity index (χ0) is 12.9. The van der Waals surface area contributed by atoms with Crippen molar-refractivity contribution in [2.45, 2.75) is 31.6 Å². The van der Waals surface area contributed by atoms with Gasteiger partial charge in [-0.15, -0.1) is 0 Å². The summed E-state index contributed by atoms with van der Waals surface area (Å²) in [6.07, 6.45) is 0.106. The van der Waals surface area contributed by atoms with Gasteiger partial charge in [-0.05, 0) is 25.0 Å². The second-order valence-electron chi connectivity index (χ2n) is 3.81. The minimum atomic E-state index is -2.89. The normalized spacial score (nSPS) is 11.5. The lowest BCUT2D eigenvalue weighted by atomic mass is 10.0. The molecule has 0 spiro atoms. The van der Waals surface area contributed by atoms with Crippen LogP contribution in [0.25, 0.3) is 0 Å². The van der Waals surface area contributed by atoms with Crippen LogP contribution in [0.2, 0.25) is 0 Å². The van der Waals surface area contributed by atoms with Crippen LogP contribution >= 0.6 is 15.9 Å². The number of carbonyl (C=O) groups is 1. The highest BCUT2D eigenvalue weighted by Gasteiger charge is 2.30. The highest BCUT2D eigenvalue weighted by molar-refractivity contribution is 9.10. The fourth-order valence-corrected chi connectivity index (χ4v) is 1.73. The number of carboxylic acid groups (broad SMARTS) is 1. The largest absolute Gasteiger partial charge is 0.481 e. The summed E-state index contributed by atoms with van der Waals surface area (Å²) in [6, 6.07) is 5.89. The fraction of sp³-hybridized carbons (Fsp3) is 0.417. The minimum absolute atomic E-state index is 0.0315. The molecule has 0 amide bonds. The Balaban J connectivity index is 2.50. The van der Waals surface area contributed by atoms with Gasteiger partial charge in [-0.2, -0.15) is 0 Å². The van der Waals surface area contributed by atoms with E-state index in [4.69, 9.17) is 5.11 Å². The van der Waals surface area contributed by atoms with Gasteiger partial charge in [-0.25, -0.2) is 8.78 Å². The lowest BCUT2D eigenvalue weighted by molar-refractivity contribution is -0.137. The van der Waals surface area contributed by atoms with Crippen molar-refractivity contribution in [1.82, 2.24) is 0 Å². The molecule has 0 heterocycles. The van der Waals surface area contributed by atoms with Gasteiger partial charge in [0.25, 0.3) is 5.92 Å². The zero-order valence-electron chi connectivity index (χ0n) is 9.13. The monoisotopic (exact) mass is 306 g/mol. The van der Waals surface area contributed by atoms with E-state index >= 15 is 0 Å². The number of rotatable bonds is 6. The molecule has 94 valence electrons. The summed E-state index contributed by atoms with van der Waals surface area (Å²) in [5.41, 5.74) is -0.0315. The third kappa shape index (κ3) is 4.81. The van der Waals surface area contributed by atoms with Gasteiger partial charge in [0.1, 0.15) is 0 Å². The van der Waals surface area contributed by atoms with Crippen LogP contribution in [0.4, 0.5) is 8.78 Å². The van der Waals surface area contributed by atoms with Gasteiger partial charge in [-0.1, -0.05) is 28.1 Å². The summed E-state index contributed by atoms with van der Waals surface area (Å²) in [5, 5.41) is 8.40. The first-order valence-electron chi connectivity index (χ1n) is 5.27. The molecule has 0 fully saturated rings. The van der Waals surface area contributed by atoms with E-state index in [1.807, 2.05) is 0 Å². The molecular weight excluding hydrogens is 294 g/mol. The Hall–Kier alpha value is -0.970. The maximum atomic E-state index is 13.6. The molecule has 0 aliphatic carbocycles. The maximum Gasteiger partial charge on any atom is 0.303 e. The summed E-state index contributed by atoms with van der Waals surface area (Å²) in [7, 11) is 0. The number of carboxylic acids is 1. The molecule has 0 aliphatic heterocycles. The second-order valence-corrected chi connectivity index (χ2v) is 4.73. The molecule has 0 radical (unpaired) electrons. The van der Waals surface area contributed by atoms with Crippen LogP contribution in [0.3, 0.4) is 0 Å². The number of hydrogen-bond acceptors (Lipinski definition) is 1. The van der Waals surface area contributed by atoms with Crippen LogP contribution in [0.5, 0.6) is 0 Å². The maximum absolute atomic E-state index is 13.6. The van der Waals surface area contributed by atoms with E-state index in [9.17, 15) is 13.6 Å². The quantitative estimate of drug-likeness (QED) is 0.800. The van der Waals surface area contributed by atoms with E-state index in [0.717, 1.165) is 4.47 Å². The first-order valence-corrected chi connectivity index (χ1v) is 6.07. The number of alkyl halides is 2. The van der Waals surface area contributed by atoms with Crippen LogP contribution in [-0.4, -0.2) is 11.1 Å². The first-order chi connectivity index (χ1) is 7.92. The predicted molar refractivity (Wildman–Crippen MR) is 64.1 cm³/mol. The zero-order valence-corrected chi connectivity index (χ0v) is 10.7.